The summed E-state index contributed by atoms with van der Waals surface area (Å²) in [7, 11) is 0. The van der Waals surface area contributed by atoms with Crippen molar-refractivity contribution in [2.24, 2.45) is 46.3 Å². The van der Waals surface area contributed by atoms with Crippen molar-refractivity contribution in [2.75, 3.05) is 0 Å². The molecule has 0 amide bonds. The minimum Gasteiger partial charge on any atom is -0.393 e. The smallest absolute Gasteiger partial charge is 0.0577 e. The van der Waals surface area contributed by atoms with Crippen LogP contribution in [0.15, 0.2) is 11.6 Å². The van der Waals surface area contributed by atoms with E-state index in [-0.39, 0.29) is 12.2 Å². The Bertz CT molecular complexity index is 624. The van der Waals surface area contributed by atoms with Crippen LogP contribution in [-0.4, -0.2) is 22.4 Å². The second kappa shape index (κ2) is 7.97. The molecule has 1 unspecified atom stereocenters. The number of hydrogen-bond acceptors (Lipinski definition) is 2. The first-order valence-corrected chi connectivity index (χ1v) is 12.7. The molecule has 9 atom stereocenters. The van der Waals surface area contributed by atoms with Crippen LogP contribution >= 0.6 is 0 Å². The molecule has 0 aliphatic heterocycles. The lowest BCUT2D eigenvalue weighted by atomic mass is 9.47. The Labute approximate surface area is 179 Å². The fourth-order valence-corrected chi connectivity index (χ4v) is 8.58. The molecule has 0 radical (unpaired) electrons. The summed E-state index contributed by atoms with van der Waals surface area (Å²) in [6.45, 7) is 12.0. The van der Waals surface area contributed by atoms with Gasteiger partial charge in [-0.25, -0.2) is 0 Å². The maximum Gasteiger partial charge on any atom is 0.0577 e. The Hall–Kier alpha value is -0.340. The first-order chi connectivity index (χ1) is 13.7. The monoisotopic (exact) mass is 402 g/mol. The van der Waals surface area contributed by atoms with Crippen molar-refractivity contribution in [2.45, 2.75) is 111 Å². The summed E-state index contributed by atoms with van der Waals surface area (Å²) >= 11 is 0. The molecule has 0 spiro atoms. The summed E-state index contributed by atoms with van der Waals surface area (Å²) in [6, 6.07) is 0. The van der Waals surface area contributed by atoms with Crippen molar-refractivity contribution in [3.63, 3.8) is 0 Å². The fourth-order valence-electron chi connectivity index (χ4n) is 8.58. The van der Waals surface area contributed by atoms with Crippen LogP contribution in [0.25, 0.3) is 0 Å². The van der Waals surface area contributed by atoms with E-state index in [0.29, 0.717) is 28.6 Å². The average molecular weight is 403 g/mol. The zero-order valence-electron chi connectivity index (χ0n) is 19.7. The SMILES string of the molecule is CC(C)CCC(O)[C@@H](C)[C@H]1CC[C@H]2[C@@H]3CC=C4C[C@@H](O)CC[C@]4(C)[C@H]3CC[C@]12C. The van der Waals surface area contributed by atoms with Crippen LogP contribution in [-0.2, 0) is 0 Å². The molecule has 0 bridgehead atoms. The summed E-state index contributed by atoms with van der Waals surface area (Å²) in [5.41, 5.74) is 2.33. The molecule has 0 heterocycles. The summed E-state index contributed by atoms with van der Waals surface area (Å²) < 4.78 is 0. The third kappa shape index (κ3) is 3.65. The van der Waals surface area contributed by atoms with Gasteiger partial charge >= 0.3 is 0 Å². The quantitative estimate of drug-likeness (QED) is 0.525. The van der Waals surface area contributed by atoms with Crippen molar-refractivity contribution >= 4 is 0 Å². The molecular weight excluding hydrogens is 356 g/mol. The van der Waals surface area contributed by atoms with Gasteiger partial charge in [0.2, 0.25) is 0 Å². The van der Waals surface area contributed by atoms with Gasteiger partial charge in [-0.05, 0) is 111 Å². The first kappa shape index (κ1) is 21.9. The Morgan fingerprint density at radius 1 is 1.00 bits per heavy atom. The van der Waals surface area contributed by atoms with Gasteiger partial charge in [-0.1, -0.05) is 46.3 Å². The Morgan fingerprint density at radius 3 is 2.48 bits per heavy atom. The van der Waals surface area contributed by atoms with Gasteiger partial charge in [0.05, 0.1) is 12.2 Å². The van der Waals surface area contributed by atoms with E-state index < -0.39 is 0 Å². The van der Waals surface area contributed by atoms with E-state index in [9.17, 15) is 10.2 Å². The molecule has 4 aliphatic carbocycles. The van der Waals surface area contributed by atoms with Crippen molar-refractivity contribution in [3.05, 3.63) is 11.6 Å². The highest BCUT2D eigenvalue weighted by atomic mass is 16.3. The third-order valence-electron chi connectivity index (χ3n) is 10.4. The topological polar surface area (TPSA) is 40.5 Å². The van der Waals surface area contributed by atoms with Gasteiger partial charge in [0.15, 0.2) is 0 Å². The predicted octanol–water partition coefficient (Wildman–Crippen LogP) is 6.36. The lowest BCUT2D eigenvalue weighted by molar-refractivity contribution is -0.0681. The molecule has 4 aliphatic rings. The summed E-state index contributed by atoms with van der Waals surface area (Å²) in [5.74, 6) is 4.25. The molecule has 0 saturated heterocycles. The van der Waals surface area contributed by atoms with Crippen LogP contribution in [0.4, 0.5) is 0 Å². The van der Waals surface area contributed by atoms with Crippen molar-refractivity contribution in [1.29, 1.82) is 0 Å². The van der Waals surface area contributed by atoms with Crippen LogP contribution < -0.4 is 0 Å². The highest BCUT2D eigenvalue weighted by Crippen LogP contribution is 2.67. The van der Waals surface area contributed by atoms with E-state index in [0.717, 1.165) is 43.4 Å². The standard InChI is InChI=1S/C27H46O2/c1-17(2)6-11-25(29)18(3)22-9-10-23-21-8-7-19-16-20(28)12-14-26(19,4)24(21)13-15-27(22,23)5/h7,17-18,20-25,28-29H,6,8-16H2,1-5H3/t18-,20-,21-,22+,23-,24-,25?,26-,27+/m0/s1. The summed E-state index contributed by atoms with van der Waals surface area (Å²) in [5, 5.41) is 21.2. The van der Waals surface area contributed by atoms with Crippen molar-refractivity contribution in [1.82, 2.24) is 0 Å². The molecule has 166 valence electrons. The predicted molar refractivity (Wildman–Crippen MR) is 120 cm³/mol. The van der Waals surface area contributed by atoms with Crippen LogP contribution in [0.3, 0.4) is 0 Å². The normalized spacial score (nSPS) is 46.5. The zero-order chi connectivity index (χ0) is 21.0. The van der Waals surface area contributed by atoms with E-state index >= 15 is 0 Å². The van der Waals surface area contributed by atoms with E-state index in [1.807, 2.05) is 0 Å². The Kier molecular flexibility index (Phi) is 6.01. The molecule has 4 rings (SSSR count). The van der Waals surface area contributed by atoms with E-state index in [2.05, 4.69) is 40.7 Å². The number of aliphatic hydroxyl groups excluding tert-OH is 2. The van der Waals surface area contributed by atoms with Gasteiger partial charge in [-0.2, -0.15) is 0 Å². The molecule has 3 saturated carbocycles. The van der Waals surface area contributed by atoms with Crippen LogP contribution in [0, 0.1) is 46.3 Å². The minimum atomic E-state index is -0.133. The number of aliphatic hydroxyl groups is 2. The molecule has 0 aromatic heterocycles. The lowest BCUT2D eigenvalue weighted by Crippen LogP contribution is -2.51. The molecule has 2 nitrogen and oxygen atoms in total. The van der Waals surface area contributed by atoms with Gasteiger partial charge in [0, 0.05) is 0 Å². The zero-order valence-corrected chi connectivity index (χ0v) is 19.7. The lowest BCUT2D eigenvalue weighted by Gasteiger charge is -2.58. The second-order valence-corrected chi connectivity index (χ2v) is 12.3. The largest absolute Gasteiger partial charge is 0.393 e. The van der Waals surface area contributed by atoms with Gasteiger partial charge in [-0.15, -0.1) is 0 Å². The summed E-state index contributed by atoms with van der Waals surface area (Å²) in [6.07, 6.45) is 14.1. The van der Waals surface area contributed by atoms with E-state index in [4.69, 9.17) is 0 Å². The third-order valence-corrected chi connectivity index (χ3v) is 10.4. The Morgan fingerprint density at radius 2 is 1.76 bits per heavy atom. The number of allylic oxidation sites excluding steroid dienone is 1. The number of rotatable bonds is 5. The molecule has 0 aromatic rings. The molecule has 2 heteroatoms. The fraction of sp³-hybridized carbons (Fsp3) is 0.926. The highest BCUT2D eigenvalue weighted by molar-refractivity contribution is 5.25. The first-order valence-electron chi connectivity index (χ1n) is 12.7. The van der Waals surface area contributed by atoms with Crippen LogP contribution in [0.1, 0.15) is 98.8 Å². The van der Waals surface area contributed by atoms with Crippen molar-refractivity contribution < 1.29 is 10.2 Å². The van der Waals surface area contributed by atoms with Gasteiger partial charge in [0.25, 0.3) is 0 Å². The molecule has 0 aromatic carbocycles. The van der Waals surface area contributed by atoms with Crippen molar-refractivity contribution in [3.8, 4) is 0 Å². The van der Waals surface area contributed by atoms with E-state index in [1.54, 1.807) is 5.57 Å². The minimum absolute atomic E-state index is 0.108. The maximum atomic E-state index is 11.0. The maximum absolute atomic E-state index is 11.0. The van der Waals surface area contributed by atoms with Gasteiger partial charge < -0.3 is 10.2 Å². The highest BCUT2D eigenvalue weighted by Gasteiger charge is 2.59. The molecular formula is C27H46O2. The summed E-state index contributed by atoms with van der Waals surface area (Å²) in [4.78, 5) is 0. The average Bonchev–Trinajstić information content (AvgIpc) is 3.03. The van der Waals surface area contributed by atoms with Crippen LogP contribution in [0.5, 0.6) is 0 Å². The number of fused-ring (bicyclic) bond motifs is 5. The molecule has 2 N–H and O–H groups in total. The molecule has 29 heavy (non-hydrogen) atoms. The number of hydrogen-bond donors (Lipinski definition) is 2. The molecule has 3 fully saturated rings. The van der Waals surface area contributed by atoms with Gasteiger partial charge in [0.1, 0.15) is 0 Å². The van der Waals surface area contributed by atoms with E-state index in [1.165, 1.54) is 38.5 Å². The second-order valence-electron chi connectivity index (χ2n) is 12.3. The Balaban J connectivity index is 1.51. The van der Waals surface area contributed by atoms with Crippen LogP contribution in [0.2, 0.25) is 0 Å². The van der Waals surface area contributed by atoms with Gasteiger partial charge in [-0.3, -0.25) is 0 Å².